The lowest BCUT2D eigenvalue weighted by Gasteiger charge is -2.35. The first-order valence-electron chi connectivity index (χ1n) is 11.1. The van der Waals surface area contributed by atoms with Crippen LogP contribution in [0.5, 0.6) is 5.75 Å². The molecule has 0 bridgehead atoms. The van der Waals surface area contributed by atoms with Gasteiger partial charge in [-0.15, -0.1) is 11.3 Å². The quantitative estimate of drug-likeness (QED) is 0.393. The lowest BCUT2D eigenvalue weighted by Crippen LogP contribution is -2.50. The average Bonchev–Trinajstić information content (AvgIpc) is 3.32. The number of thiophene rings is 1. The first-order valence-corrected chi connectivity index (χ1v) is 12.3. The van der Waals surface area contributed by atoms with Crippen LogP contribution in [0.1, 0.15) is 10.6 Å². The highest BCUT2D eigenvalue weighted by atomic mass is 35.5. The molecule has 2 aromatic heterocycles. The van der Waals surface area contributed by atoms with Gasteiger partial charge in [-0.05, 0) is 48.0 Å². The van der Waals surface area contributed by atoms with Gasteiger partial charge >= 0.3 is 5.97 Å². The molecule has 4 aromatic rings. The van der Waals surface area contributed by atoms with Gasteiger partial charge in [0.05, 0.1) is 5.39 Å². The largest absolute Gasteiger partial charge is 0.484 e. The Morgan fingerprint density at radius 1 is 1.03 bits per heavy atom. The van der Waals surface area contributed by atoms with E-state index in [4.69, 9.17) is 16.3 Å². The van der Waals surface area contributed by atoms with Crippen LogP contribution in [0, 0.1) is 5.82 Å². The molecule has 8 nitrogen and oxygen atoms in total. The number of fused-ring (bicyclic) bond motifs is 1. The summed E-state index contributed by atoms with van der Waals surface area (Å²) in [6.45, 7) is 1.73. The molecule has 1 saturated heterocycles. The highest BCUT2D eigenvalue weighted by Gasteiger charge is 2.26. The lowest BCUT2D eigenvalue weighted by molar-refractivity contribution is -0.133. The predicted octanol–water partition coefficient (Wildman–Crippen LogP) is 4.58. The van der Waals surface area contributed by atoms with Crippen molar-refractivity contribution in [1.29, 1.82) is 0 Å². The van der Waals surface area contributed by atoms with Gasteiger partial charge in [0.15, 0.2) is 6.61 Å². The number of aromatic carboxylic acids is 1. The molecule has 0 unspecified atom stereocenters. The fourth-order valence-corrected chi connectivity index (χ4v) is 5.09. The summed E-state index contributed by atoms with van der Waals surface area (Å²) in [5, 5.41) is 10.9. The number of benzene rings is 2. The second-order valence-corrected chi connectivity index (χ2v) is 9.59. The number of carboxylic acids is 1. The van der Waals surface area contributed by atoms with E-state index in [0.29, 0.717) is 47.6 Å². The summed E-state index contributed by atoms with van der Waals surface area (Å²) >= 11 is 7.20. The lowest BCUT2D eigenvalue weighted by atomic mass is 10.1. The van der Waals surface area contributed by atoms with Crippen LogP contribution in [-0.2, 0) is 4.79 Å². The Labute approximate surface area is 214 Å². The van der Waals surface area contributed by atoms with Crippen molar-refractivity contribution in [2.45, 2.75) is 0 Å². The molecular formula is C25H20ClFN4O4S. The van der Waals surface area contributed by atoms with E-state index in [2.05, 4.69) is 9.97 Å². The van der Waals surface area contributed by atoms with Gasteiger partial charge in [-0.25, -0.2) is 19.2 Å². The molecule has 1 aliphatic heterocycles. The van der Waals surface area contributed by atoms with Crippen molar-refractivity contribution >= 4 is 50.8 Å². The Morgan fingerprint density at radius 2 is 1.72 bits per heavy atom. The number of amides is 1. The van der Waals surface area contributed by atoms with E-state index < -0.39 is 5.97 Å². The highest BCUT2D eigenvalue weighted by molar-refractivity contribution is 7.21. The Morgan fingerprint density at radius 3 is 2.39 bits per heavy atom. The number of carboxylic acid groups (broad SMARTS) is 1. The van der Waals surface area contributed by atoms with Gasteiger partial charge < -0.3 is 19.6 Å². The maximum Gasteiger partial charge on any atom is 0.374 e. The zero-order valence-electron chi connectivity index (χ0n) is 18.9. The zero-order valence-corrected chi connectivity index (χ0v) is 20.4. The smallest absolute Gasteiger partial charge is 0.374 e. The second-order valence-electron chi connectivity index (χ2n) is 8.12. The molecule has 1 N–H and O–H groups in total. The molecule has 5 rings (SSSR count). The third kappa shape index (κ3) is 5.09. The number of aromatic nitrogens is 2. The number of piperazine rings is 1. The van der Waals surface area contributed by atoms with Gasteiger partial charge in [-0.3, -0.25) is 4.79 Å². The van der Waals surface area contributed by atoms with E-state index in [1.165, 1.54) is 23.5 Å². The molecule has 1 fully saturated rings. The van der Waals surface area contributed by atoms with Crippen LogP contribution >= 0.6 is 22.9 Å². The normalized spacial score (nSPS) is 13.7. The van der Waals surface area contributed by atoms with Crippen LogP contribution in [0.4, 0.5) is 10.2 Å². The molecule has 0 atom stereocenters. The zero-order chi connectivity index (χ0) is 25.2. The average molecular weight is 527 g/mol. The monoisotopic (exact) mass is 526 g/mol. The van der Waals surface area contributed by atoms with Crippen molar-refractivity contribution in [3.05, 3.63) is 71.3 Å². The summed E-state index contributed by atoms with van der Waals surface area (Å²) in [6.07, 6.45) is 0. The molecule has 184 valence electrons. The molecule has 36 heavy (non-hydrogen) atoms. The first kappa shape index (κ1) is 24.0. The van der Waals surface area contributed by atoms with Crippen molar-refractivity contribution in [1.82, 2.24) is 14.9 Å². The Bertz CT molecular complexity index is 1420. The number of ether oxygens (including phenoxy) is 1. The van der Waals surface area contributed by atoms with E-state index >= 15 is 0 Å². The minimum Gasteiger partial charge on any atom is -0.484 e. The molecule has 0 saturated carbocycles. The predicted molar refractivity (Wildman–Crippen MR) is 136 cm³/mol. The summed E-state index contributed by atoms with van der Waals surface area (Å²) in [6, 6.07) is 14.8. The molecule has 0 spiro atoms. The van der Waals surface area contributed by atoms with Crippen LogP contribution < -0.4 is 9.64 Å². The van der Waals surface area contributed by atoms with Gasteiger partial charge in [0.25, 0.3) is 5.91 Å². The van der Waals surface area contributed by atoms with Crippen molar-refractivity contribution in [2.75, 3.05) is 37.7 Å². The Kier molecular flexibility index (Phi) is 6.71. The summed E-state index contributed by atoms with van der Waals surface area (Å²) in [5.74, 6) is -0.919. The van der Waals surface area contributed by atoms with Crippen molar-refractivity contribution in [2.24, 2.45) is 0 Å². The van der Waals surface area contributed by atoms with Gasteiger partial charge in [-0.1, -0.05) is 23.7 Å². The van der Waals surface area contributed by atoms with Gasteiger partial charge in [-0.2, -0.15) is 0 Å². The molecule has 1 aliphatic rings. The molecule has 0 aliphatic carbocycles. The number of anilines is 1. The minimum atomic E-state index is -1.22. The van der Waals surface area contributed by atoms with Crippen molar-refractivity contribution in [3.63, 3.8) is 0 Å². The first-order chi connectivity index (χ1) is 17.4. The SMILES string of the molecule is O=C(O)c1nc(N2CCN(C(=O)COc3ccc(Cl)cc3)CC2)c2cc(-c3ccc(F)cc3)sc2n1. The fraction of sp³-hybridized carbons (Fsp3) is 0.200. The number of carbonyl (C=O) groups is 2. The molecule has 11 heteroatoms. The summed E-state index contributed by atoms with van der Waals surface area (Å²) < 4.78 is 18.9. The molecule has 2 aromatic carbocycles. The molecular weight excluding hydrogens is 507 g/mol. The molecule has 3 heterocycles. The number of hydrogen-bond acceptors (Lipinski definition) is 7. The van der Waals surface area contributed by atoms with Gasteiger partial charge in [0.1, 0.15) is 22.2 Å². The maximum absolute atomic E-state index is 13.4. The van der Waals surface area contributed by atoms with Crippen LogP contribution in [0.25, 0.3) is 20.7 Å². The maximum atomic E-state index is 13.4. The summed E-state index contributed by atoms with van der Waals surface area (Å²) in [4.78, 5) is 37.9. The fourth-order valence-electron chi connectivity index (χ4n) is 3.93. The number of rotatable bonds is 6. The van der Waals surface area contributed by atoms with E-state index in [1.807, 2.05) is 11.0 Å². The Balaban J connectivity index is 1.33. The molecule has 0 radical (unpaired) electrons. The highest BCUT2D eigenvalue weighted by Crippen LogP contribution is 2.37. The number of halogens is 2. The number of hydrogen-bond donors (Lipinski definition) is 1. The standard InChI is InChI=1S/C25H20ClFN4O4S/c26-16-3-7-18(8-4-16)35-14-21(32)30-9-11-31(12-10-30)23-19-13-20(15-1-5-17(27)6-2-15)36-24(19)29-22(28-23)25(33)34/h1-8,13H,9-12,14H2,(H,33,34). The minimum absolute atomic E-state index is 0.0892. The van der Waals surface area contributed by atoms with Crippen molar-refractivity contribution in [3.8, 4) is 16.2 Å². The third-order valence-electron chi connectivity index (χ3n) is 5.80. The van der Waals surface area contributed by atoms with E-state index in [9.17, 15) is 19.1 Å². The van der Waals surface area contributed by atoms with Crippen LogP contribution in [0.2, 0.25) is 5.02 Å². The Hall–Kier alpha value is -3.76. The van der Waals surface area contributed by atoms with Gasteiger partial charge in [0, 0.05) is 36.1 Å². The summed E-state index contributed by atoms with van der Waals surface area (Å²) in [5.41, 5.74) is 0.804. The van der Waals surface area contributed by atoms with Crippen LogP contribution in [0.3, 0.4) is 0 Å². The van der Waals surface area contributed by atoms with E-state index in [1.54, 1.807) is 41.3 Å². The van der Waals surface area contributed by atoms with E-state index in [0.717, 1.165) is 15.8 Å². The van der Waals surface area contributed by atoms with Crippen LogP contribution in [0.15, 0.2) is 54.6 Å². The van der Waals surface area contributed by atoms with Gasteiger partial charge in [0.2, 0.25) is 5.82 Å². The topological polar surface area (TPSA) is 95.9 Å². The molecule has 1 amide bonds. The second kappa shape index (κ2) is 10.1. The summed E-state index contributed by atoms with van der Waals surface area (Å²) in [7, 11) is 0. The van der Waals surface area contributed by atoms with Crippen LogP contribution in [-0.4, -0.2) is 64.6 Å². The number of nitrogens with zero attached hydrogens (tertiary/aromatic N) is 4. The third-order valence-corrected chi connectivity index (χ3v) is 7.13. The number of carbonyl (C=O) groups excluding carboxylic acids is 1. The van der Waals surface area contributed by atoms with Crippen molar-refractivity contribution < 1.29 is 23.8 Å². The van der Waals surface area contributed by atoms with E-state index in [-0.39, 0.29) is 24.2 Å².